The highest BCUT2D eigenvalue weighted by Gasteiger charge is 2.04. The van der Waals surface area contributed by atoms with Crippen LogP contribution in [0, 0.1) is 0 Å². The van der Waals surface area contributed by atoms with Gasteiger partial charge in [0.2, 0.25) is 0 Å². The molecule has 1 aromatic heterocycles. The Morgan fingerprint density at radius 3 is 2.46 bits per heavy atom. The van der Waals surface area contributed by atoms with E-state index in [9.17, 15) is 9.59 Å². The lowest BCUT2D eigenvalue weighted by Gasteiger charge is -2.09. The summed E-state index contributed by atoms with van der Waals surface area (Å²) in [6, 6.07) is 19.6. The molecule has 2 N–H and O–H groups in total. The van der Waals surface area contributed by atoms with Crippen molar-refractivity contribution in [3.63, 3.8) is 0 Å². The van der Waals surface area contributed by atoms with Crippen LogP contribution in [-0.2, 0) is 6.54 Å². The number of anilines is 1. The molecule has 1 heterocycles. The highest BCUT2D eigenvalue weighted by Crippen LogP contribution is 2.14. The maximum absolute atomic E-state index is 12.0. The van der Waals surface area contributed by atoms with E-state index >= 15 is 0 Å². The Kier molecular flexibility index (Phi) is 6.81. The number of aromatic nitrogens is 2. The number of aryl methyl sites for hydroxylation is 1. The number of nitrogens with one attached hydrogen (secondary N) is 2. The fraction of sp³-hybridized carbons (Fsp3) is 0.190. The molecule has 0 fully saturated rings. The van der Waals surface area contributed by atoms with E-state index in [4.69, 9.17) is 11.6 Å². The molecular weight excluding hydrogens is 376 g/mol. The molecule has 0 saturated carbocycles. The summed E-state index contributed by atoms with van der Waals surface area (Å²) in [4.78, 5) is 23.9. The normalized spacial score (nSPS) is 10.5. The van der Waals surface area contributed by atoms with Gasteiger partial charge in [-0.25, -0.2) is 9.48 Å². The van der Waals surface area contributed by atoms with Gasteiger partial charge in [0.1, 0.15) is 0 Å². The van der Waals surface area contributed by atoms with Gasteiger partial charge in [-0.05, 0) is 43.2 Å². The van der Waals surface area contributed by atoms with Crippen LogP contribution in [0.1, 0.15) is 12.8 Å². The minimum absolute atomic E-state index is 0.131. The van der Waals surface area contributed by atoms with Crippen LogP contribution < -0.4 is 16.2 Å². The summed E-state index contributed by atoms with van der Waals surface area (Å²) < 4.78 is 1.47. The SMILES string of the molecule is O=C(NCCCCn1nc(-c2ccccc2)ccc1=O)Nc1ccc(Cl)cc1. The Bertz CT molecular complexity index is 972. The second-order valence-corrected chi connectivity index (χ2v) is 6.68. The zero-order valence-corrected chi connectivity index (χ0v) is 16.0. The lowest BCUT2D eigenvalue weighted by Crippen LogP contribution is -2.30. The standard InChI is InChI=1S/C21H21ClN4O2/c22-17-8-10-18(11-9-17)24-21(28)23-14-4-5-15-26-20(27)13-12-19(25-26)16-6-2-1-3-7-16/h1-3,6-13H,4-5,14-15H2,(H2,23,24,28). The number of hydrogen-bond acceptors (Lipinski definition) is 3. The number of halogens is 1. The molecule has 0 bridgehead atoms. The topological polar surface area (TPSA) is 76.0 Å². The molecule has 144 valence electrons. The van der Waals surface area contributed by atoms with Crippen molar-refractivity contribution in [3.05, 3.63) is 82.1 Å². The van der Waals surface area contributed by atoms with E-state index in [-0.39, 0.29) is 11.6 Å². The van der Waals surface area contributed by atoms with Gasteiger partial charge in [-0.15, -0.1) is 0 Å². The highest BCUT2D eigenvalue weighted by atomic mass is 35.5. The second kappa shape index (κ2) is 9.71. The molecule has 0 spiro atoms. The zero-order chi connectivity index (χ0) is 19.8. The van der Waals surface area contributed by atoms with Crippen LogP contribution in [0.5, 0.6) is 0 Å². The zero-order valence-electron chi connectivity index (χ0n) is 15.3. The number of carbonyl (C=O) groups is 1. The van der Waals surface area contributed by atoms with Gasteiger partial charge >= 0.3 is 6.03 Å². The van der Waals surface area contributed by atoms with Crippen LogP contribution in [0.15, 0.2) is 71.5 Å². The van der Waals surface area contributed by atoms with Gasteiger partial charge in [-0.1, -0.05) is 41.9 Å². The second-order valence-electron chi connectivity index (χ2n) is 6.24. The van der Waals surface area contributed by atoms with Crippen LogP contribution >= 0.6 is 11.6 Å². The van der Waals surface area contributed by atoms with Gasteiger partial charge in [-0.2, -0.15) is 5.10 Å². The van der Waals surface area contributed by atoms with Crippen LogP contribution in [0.3, 0.4) is 0 Å². The molecule has 3 rings (SSSR count). The molecule has 7 heteroatoms. The summed E-state index contributed by atoms with van der Waals surface area (Å²) in [6.07, 6.45) is 1.46. The molecule has 2 amide bonds. The molecule has 0 unspecified atom stereocenters. The molecule has 0 radical (unpaired) electrons. The molecule has 28 heavy (non-hydrogen) atoms. The molecule has 0 atom stereocenters. The van der Waals surface area contributed by atoms with Gasteiger partial charge in [-0.3, -0.25) is 4.79 Å². The number of nitrogens with zero attached hydrogens (tertiary/aromatic N) is 2. The van der Waals surface area contributed by atoms with E-state index in [0.717, 1.165) is 24.1 Å². The van der Waals surface area contributed by atoms with Crippen LogP contribution in [0.25, 0.3) is 11.3 Å². The fourth-order valence-electron chi connectivity index (χ4n) is 2.67. The molecular formula is C21H21ClN4O2. The lowest BCUT2D eigenvalue weighted by atomic mass is 10.1. The predicted octanol–water partition coefficient (Wildman–Crippen LogP) is 4.17. The third kappa shape index (κ3) is 5.69. The van der Waals surface area contributed by atoms with Crippen LogP contribution in [0.4, 0.5) is 10.5 Å². The third-order valence-electron chi connectivity index (χ3n) is 4.12. The van der Waals surface area contributed by atoms with Gasteiger partial charge in [0.05, 0.1) is 5.69 Å². The van der Waals surface area contributed by atoms with E-state index in [0.29, 0.717) is 23.8 Å². The molecule has 0 saturated heterocycles. The van der Waals surface area contributed by atoms with Gasteiger partial charge in [0.15, 0.2) is 0 Å². The molecule has 6 nitrogen and oxygen atoms in total. The number of benzene rings is 2. The van der Waals surface area contributed by atoms with Crippen molar-refractivity contribution in [1.82, 2.24) is 15.1 Å². The van der Waals surface area contributed by atoms with Crippen molar-refractivity contribution in [2.45, 2.75) is 19.4 Å². The van der Waals surface area contributed by atoms with E-state index < -0.39 is 0 Å². The number of urea groups is 1. The number of carbonyl (C=O) groups excluding carboxylic acids is 1. The van der Waals surface area contributed by atoms with Crippen LogP contribution in [-0.4, -0.2) is 22.4 Å². The number of unbranched alkanes of at least 4 members (excludes halogenated alkanes) is 1. The van der Waals surface area contributed by atoms with Crippen molar-refractivity contribution < 1.29 is 4.79 Å². The first-order chi connectivity index (χ1) is 13.6. The summed E-state index contributed by atoms with van der Waals surface area (Å²) in [5, 5.41) is 10.6. The predicted molar refractivity (Wildman–Crippen MR) is 112 cm³/mol. The van der Waals surface area contributed by atoms with Gasteiger partial charge < -0.3 is 10.6 Å². The molecule has 0 aliphatic rings. The molecule has 3 aromatic rings. The average Bonchev–Trinajstić information content (AvgIpc) is 2.71. The Labute approximate surface area is 168 Å². The van der Waals surface area contributed by atoms with Crippen molar-refractivity contribution >= 4 is 23.3 Å². The molecule has 2 aromatic carbocycles. The first kappa shape index (κ1) is 19.6. The van der Waals surface area contributed by atoms with Crippen LogP contribution in [0.2, 0.25) is 5.02 Å². The average molecular weight is 397 g/mol. The van der Waals surface area contributed by atoms with Crippen molar-refractivity contribution in [2.75, 3.05) is 11.9 Å². The number of hydrogen-bond donors (Lipinski definition) is 2. The van der Waals surface area contributed by atoms with Gasteiger partial charge in [0.25, 0.3) is 5.56 Å². The summed E-state index contributed by atoms with van der Waals surface area (Å²) in [7, 11) is 0. The summed E-state index contributed by atoms with van der Waals surface area (Å²) in [6.45, 7) is 1.01. The lowest BCUT2D eigenvalue weighted by molar-refractivity contribution is 0.252. The van der Waals surface area contributed by atoms with Crippen molar-refractivity contribution in [2.24, 2.45) is 0 Å². The van der Waals surface area contributed by atoms with E-state index in [1.807, 2.05) is 30.3 Å². The van der Waals surface area contributed by atoms with Crippen molar-refractivity contribution in [1.29, 1.82) is 0 Å². The Morgan fingerprint density at radius 1 is 0.964 bits per heavy atom. The Morgan fingerprint density at radius 2 is 1.71 bits per heavy atom. The third-order valence-corrected chi connectivity index (χ3v) is 4.37. The van der Waals surface area contributed by atoms with Crippen molar-refractivity contribution in [3.8, 4) is 11.3 Å². The maximum Gasteiger partial charge on any atom is 0.319 e. The van der Waals surface area contributed by atoms with Gasteiger partial charge in [0, 0.05) is 35.4 Å². The Hall–Kier alpha value is -3.12. The molecule has 0 aliphatic carbocycles. The maximum atomic E-state index is 12.0. The van der Waals surface area contributed by atoms with E-state index in [1.165, 1.54) is 10.7 Å². The van der Waals surface area contributed by atoms with E-state index in [1.54, 1.807) is 30.3 Å². The first-order valence-corrected chi connectivity index (χ1v) is 9.43. The smallest absolute Gasteiger partial charge is 0.319 e. The summed E-state index contributed by atoms with van der Waals surface area (Å²) in [5.41, 5.74) is 2.28. The summed E-state index contributed by atoms with van der Waals surface area (Å²) in [5.74, 6) is 0. The largest absolute Gasteiger partial charge is 0.338 e. The minimum Gasteiger partial charge on any atom is -0.338 e. The number of rotatable bonds is 7. The highest BCUT2D eigenvalue weighted by molar-refractivity contribution is 6.30. The van der Waals surface area contributed by atoms with E-state index in [2.05, 4.69) is 15.7 Å². The quantitative estimate of drug-likeness (QED) is 0.588. The fourth-order valence-corrected chi connectivity index (χ4v) is 2.79. The summed E-state index contributed by atoms with van der Waals surface area (Å²) >= 11 is 5.82. The minimum atomic E-state index is -0.274. The molecule has 0 aliphatic heterocycles. The number of amides is 2. The first-order valence-electron chi connectivity index (χ1n) is 9.06. The Balaban J connectivity index is 1.44. The monoisotopic (exact) mass is 396 g/mol.